The number of rotatable bonds is 4. The lowest BCUT2D eigenvalue weighted by atomic mass is 9.82. The number of fused-ring (bicyclic) bond motifs is 7. The molecule has 0 saturated heterocycles. The Bertz CT molecular complexity index is 3090. The second kappa shape index (κ2) is 11.2. The summed E-state index contributed by atoms with van der Waals surface area (Å²) in [7, 11) is 0. The summed E-state index contributed by atoms with van der Waals surface area (Å²) in [6, 6.07) is 69.0. The molecule has 0 bridgehead atoms. The number of hydrogen-bond donors (Lipinski definition) is 0. The summed E-state index contributed by atoms with van der Waals surface area (Å²) >= 11 is 0. The van der Waals surface area contributed by atoms with Gasteiger partial charge in [0.2, 0.25) is 0 Å². The Balaban J connectivity index is 1.12. The molecule has 1 aromatic heterocycles. The van der Waals surface area contributed by atoms with E-state index in [1.807, 2.05) is 0 Å². The Labute approximate surface area is 313 Å². The molecule has 12 rings (SSSR count). The maximum absolute atomic E-state index is 5.14. The smallest absolute Gasteiger partial charge is 0.0722 e. The van der Waals surface area contributed by atoms with E-state index in [2.05, 4.69) is 188 Å². The third-order valence-electron chi connectivity index (χ3n) is 11.7. The SMILES string of the molecule is c1ccc(-c2cc3c4c(cccc4n2)-c2ccc(-c4ccc5c6c(cccc46)-c4c-5c(-c5ccccc5)c5ccccc5c4-c4ccccc4)cc2-3)cc1. The first-order valence-corrected chi connectivity index (χ1v) is 18.7. The monoisotopic (exact) mass is 681 g/mol. The van der Waals surface area contributed by atoms with Crippen molar-refractivity contribution in [1.82, 2.24) is 4.98 Å². The predicted octanol–water partition coefficient (Wildman–Crippen LogP) is 14.5. The summed E-state index contributed by atoms with van der Waals surface area (Å²) in [6.07, 6.45) is 0. The van der Waals surface area contributed by atoms with Gasteiger partial charge in [0.1, 0.15) is 0 Å². The van der Waals surface area contributed by atoms with E-state index in [0.29, 0.717) is 0 Å². The normalized spacial score (nSPS) is 12.1. The van der Waals surface area contributed by atoms with Crippen molar-refractivity contribution in [2.45, 2.75) is 0 Å². The third kappa shape index (κ3) is 4.07. The number of pyridine rings is 1. The van der Waals surface area contributed by atoms with Gasteiger partial charge in [-0.25, -0.2) is 4.98 Å². The van der Waals surface area contributed by atoms with Crippen LogP contribution < -0.4 is 0 Å². The van der Waals surface area contributed by atoms with Crippen LogP contribution in [0.25, 0.3) is 122 Å². The molecule has 2 aliphatic rings. The molecule has 0 N–H and O–H groups in total. The first-order valence-electron chi connectivity index (χ1n) is 18.7. The quantitative estimate of drug-likeness (QED) is 0.180. The fourth-order valence-electron chi connectivity index (χ4n) is 9.51. The minimum absolute atomic E-state index is 1.01. The molecule has 9 aromatic carbocycles. The second-order valence-electron chi connectivity index (χ2n) is 14.5. The zero-order valence-corrected chi connectivity index (χ0v) is 29.3. The third-order valence-corrected chi connectivity index (χ3v) is 11.7. The summed E-state index contributed by atoms with van der Waals surface area (Å²) in [5.41, 5.74) is 21.1. The molecule has 0 aliphatic heterocycles. The van der Waals surface area contributed by atoms with Crippen LogP contribution in [0.15, 0.2) is 188 Å². The van der Waals surface area contributed by atoms with E-state index < -0.39 is 0 Å². The highest BCUT2D eigenvalue weighted by atomic mass is 14.7. The summed E-state index contributed by atoms with van der Waals surface area (Å²) in [6.45, 7) is 0. The van der Waals surface area contributed by atoms with Gasteiger partial charge in [0.15, 0.2) is 0 Å². The Hall–Kier alpha value is -7.09. The van der Waals surface area contributed by atoms with Gasteiger partial charge in [-0.05, 0) is 118 Å². The molecule has 1 heterocycles. The lowest BCUT2D eigenvalue weighted by molar-refractivity contribution is 1.40. The summed E-state index contributed by atoms with van der Waals surface area (Å²) in [4.78, 5) is 5.14. The predicted molar refractivity (Wildman–Crippen MR) is 227 cm³/mol. The van der Waals surface area contributed by atoms with Crippen LogP contribution in [0, 0.1) is 0 Å². The maximum atomic E-state index is 5.14. The lowest BCUT2D eigenvalue weighted by Crippen LogP contribution is -1.93. The van der Waals surface area contributed by atoms with Crippen LogP contribution in [-0.4, -0.2) is 4.98 Å². The van der Waals surface area contributed by atoms with E-state index in [4.69, 9.17) is 4.98 Å². The summed E-state index contributed by atoms with van der Waals surface area (Å²) < 4.78 is 0. The maximum Gasteiger partial charge on any atom is 0.0722 e. The van der Waals surface area contributed by atoms with Crippen molar-refractivity contribution in [2.75, 3.05) is 0 Å². The number of nitrogens with zero attached hydrogens (tertiary/aromatic N) is 1. The molecule has 248 valence electrons. The Kier molecular flexibility index (Phi) is 6.12. The molecule has 0 spiro atoms. The first-order chi connectivity index (χ1) is 26.8. The summed E-state index contributed by atoms with van der Waals surface area (Å²) in [5, 5.41) is 6.42. The van der Waals surface area contributed by atoms with Crippen LogP contribution in [0.3, 0.4) is 0 Å². The van der Waals surface area contributed by atoms with Gasteiger partial charge in [0.05, 0.1) is 11.2 Å². The van der Waals surface area contributed by atoms with Gasteiger partial charge in [-0.1, -0.05) is 170 Å². The minimum atomic E-state index is 1.01. The molecule has 0 unspecified atom stereocenters. The lowest BCUT2D eigenvalue weighted by Gasteiger charge is -2.20. The standard InChI is InChI=1S/C53H31N/c1-4-14-32(15-5-1)47-31-45-44-30-35(26-27-37(44)39-23-13-25-46(54-47)51(39)45)36-28-29-43-50-38(36)22-12-24-42(50)52-48(33-16-6-2-7-17-33)40-20-10-11-21-41(40)49(53(43)52)34-18-8-3-9-19-34/h1-31H. The van der Waals surface area contributed by atoms with Gasteiger partial charge in [-0.15, -0.1) is 0 Å². The molecule has 0 radical (unpaired) electrons. The van der Waals surface area contributed by atoms with Crippen LogP contribution in [0.5, 0.6) is 0 Å². The Morgan fingerprint density at radius 2 is 0.796 bits per heavy atom. The van der Waals surface area contributed by atoms with E-state index in [1.165, 1.54) is 105 Å². The molecule has 1 heteroatoms. The van der Waals surface area contributed by atoms with Crippen LogP contribution in [0.4, 0.5) is 0 Å². The number of aromatic nitrogens is 1. The second-order valence-corrected chi connectivity index (χ2v) is 14.5. The van der Waals surface area contributed by atoms with E-state index in [-0.39, 0.29) is 0 Å². The number of hydrogen-bond acceptors (Lipinski definition) is 1. The van der Waals surface area contributed by atoms with Crippen molar-refractivity contribution in [3.8, 4) is 89.1 Å². The molecule has 0 atom stereocenters. The highest BCUT2D eigenvalue weighted by Crippen LogP contribution is 2.59. The van der Waals surface area contributed by atoms with Crippen molar-refractivity contribution in [2.24, 2.45) is 0 Å². The van der Waals surface area contributed by atoms with E-state index in [0.717, 1.165) is 16.8 Å². The van der Waals surface area contributed by atoms with Crippen molar-refractivity contribution < 1.29 is 0 Å². The average molecular weight is 682 g/mol. The molecule has 0 amide bonds. The first kappa shape index (κ1) is 29.5. The van der Waals surface area contributed by atoms with Gasteiger partial charge in [0.25, 0.3) is 0 Å². The van der Waals surface area contributed by atoms with Crippen LogP contribution >= 0.6 is 0 Å². The molecule has 10 aromatic rings. The van der Waals surface area contributed by atoms with Crippen LogP contribution in [-0.2, 0) is 0 Å². The topological polar surface area (TPSA) is 12.9 Å². The molecule has 0 saturated carbocycles. The number of benzene rings is 9. The van der Waals surface area contributed by atoms with Crippen molar-refractivity contribution in [3.63, 3.8) is 0 Å². The molecular formula is C53H31N. The Morgan fingerprint density at radius 1 is 0.259 bits per heavy atom. The molecule has 54 heavy (non-hydrogen) atoms. The average Bonchev–Trinajstić information content (AvgIpc) is 3.75. The molecule has 0 fully saturated rings. The summed E-state index contributed by atoms with van der Waals surface area (Å²) in [5.74, 6) is 0. The van der Waals surface area contributed by atoms with Gasteiger partial charge in [-0.2, -0.15) is 0 Å². The van der Waals surface area contributed by atoms with E-state index >= 15 is 0 Å². The van der Waals surface area contributed by atoms with Crippen LogP contribution in [0.1, 0.15) is 0 Å². The van der Waals surface area contributed by atoms with Crippen molar-refractivity contribution in [1.29, 1.82) is 0 Å². The van der Waals surface area contributed by atoms with Crippen molar-refractivity contribution >= 4 is 32.4 Å². The van der Waals surface area contributed by atoms with E-state index in [1.54, 1.807) is 0 Å². The highest BCUT2D eigenvalue weighted by Gasteiger charge is 2.31. The largest absolute Gasteiger partial charge is 0.248 e. The molecule has 1 nitrogen and oxygen atoms in total. The molecule has 2 aliphatic carbocycles. The van der Waals surface area contributed by atoms with Gasteiger partial charge < -0.3 is 0 Å². The van der Waals surface area contributed by atoms with Crippen LogP contribution in [0.2, 0.25) is 0 Å². The fraction of sp³-hybridized carbons (Fsp3) is 0. The zero-order valence-electron chi connectivity index (χ0n) is 29.3. The van der Waals surface area contributed by atoms with Gasteiger partial charge >= 0.3 is 0 Å². The molecular weight excluding hydrogens is 651 g/mol. The van der Waals surface area contributed by atoms with Gasteiger partial charge in [-0.3, -0.25) is 0 Å². The zero-order chi connectivity index (χ0) is 35.3. The minimum Gasteiger partial charge on any atom is -0.248 e. The van der Waals surface area contributed by atoms with E-state index in [9.17, 15) is 0 Å². The van der Waals surface area contributed by atoms with Crippen molar-refractivity contribution in [3.05, 3.63) is 188 Å². The highest BCUT2D eigenvalue weighted by molar-refractivity contribution is 6.29. The van der Waals surface area contributed by atoms with Gasteiger partial charge in [0, 0.05) is 10.9 Å². The Morgan fingerprint density at radius 3 is 1.48 bits per heavy atom. The fourth-order valence-corrected chi connectivity index (χ4v) is 9.51.